The molecule has 34 heavy (non-hydrogen) atoms. The lowest BCUT2D eigenvalue weighted by molar-refractivity contribution is -0.110. The number of alkyl halides is 2. The van der Waals surface area contributed by atoms with E-state index in [-0.39, 0.29) is 11.7 Å². The average molecular weight is 482 g/mol. The summed E-state index contributed by atoms with van der Waals surface area (Å²) in [5, 5.41) is 2.91. The van der Waals surface area contributed by atoms with Gasteiger partial charge in [-0.1, -0.05) is 20.8 Å². The number of hydrogen-bond acceptors (Lipinski definition) is 6. The fourth-order valence-electron chi connectivity index (χ4n) is 5.02. The minimum Gasteiger partial charge on any atom is -0.378 e. The number of nitrogens with zero attached hydrogens (tertiary/aromatic N) is 4. The lowest BCUT2D eigenvalue weighted by atomic mass is 9.84. The van der Waals surface area contributed by atoms with Crippen molar-refractivity contribution >= 4 is 12.2 Å². The van der Waals surface area contributed by atoms with Gasteiger partial charge in [0.05, 0.1) is 0 Å². The highest BCUT2D eigenvalue weighted by Gasteiger charge is 2.37. The van der Waals surface area contributed by atoms with Crippen LogP contribution in [0.1, 0.15) is 71.3 Å². The van der Waals surface area contributed by atoms with Crippen LogP contribution in [0.15, 0.2) is 6.07 Å². The van der Waals surface area contributed by atoms with E-state index in [0.717, 1.165) is 64.7 Å². The Hall–Kier alpha value is -1.87. The molecule has 1 saturated carbocycles. The minimum absolute atomic E-state index is 0.160. The first-order valence-electron chi connectivity index (χ1n) is 12.5. The highest BCUT2D eigenvalue weighted by atomic mass is 19.3. The molecule has 192 valence electrons. The van der Waals surface area contributed by atoms with Gasteiger partial charge in [-0.05, 0) is 51.5 Å². The lowest BCUT2D eigenvalue weighted by Crippen LogP contribution is -2.52. The first kappa shape index (κ1) is 26.7. The van der Waals surface area contributed by atoms with E-state index in [1.54, 1.807) is 0 Å². The fraction of sp³-hybridized carbons (Fsp3) is 0.800. The highest BCUT2D eigenvalue weighted by molar-refractivity contribution is 5.46. The van der Waals surface area contributed by atoms with Crippen molar-refractivity contribution in [1.82, 2.24) is 20.2 Å². The van der Waals surface area contributed by atoms with Gasteiger partial charge in [0.2, 0.25) is 6.41 Å². The molecule has 3 rings (SSSR count). The molecule has 0 radical (unpaired) electrons. The Morgan fingerprint density at radius 1 is 1.18 bits per heavy atom. The molecule has 1 aromatic rings. The van der Waals surface area contributed by atoms with Gasteiger partial charge in [0.15, 0.2) is 0 Å². The molecule has 1 amide bonds. The van der Waals surface area contributed by atoms with Crippen molar-refractivity contribution in [2.24, 2.45) is 5.92 Å². The van der Waals surface area contributed by atoms with Crippen LogP contribution in [0.25, 0.3) is 0 Å². The molecular weight excluding hydrogens is 440 g/mol. The molecule has 2 heterocycles. The summed E-state index contributed by atoms with van der Waals surface area (Å²) in [7, 11) is 1.27. The Morgan fingerprint density at radius 2 is 1.88 bits per heavy atom. The summed E-state index contributed by atoms with van der Waals surface area (Å²) in [6, 6.07) is 1.93. The van der Waals surface area contributed by atoms with Gasteiger partial charge in [-0.3, -0.25) is 9.69 Å². The molecule has 1 N–H and O–H groups in total. The Bertz CT molecular complexity index is 809. The molecule has 1 unspecified atom stereocenters. The van der Waals surface area contributed by atoms with Crippen LogP contribution in [0.4, 0.5) is 14.6 Å². The third kappa shape index (κ3) is 6.84. The van der Waals surface area contributed by atoms with Crippen LogP contribution < -0.4 is 10.2 Å². The average Bonchev–Trinajstić information content (AvgIpc) is 2.78. The monoisotopic (exact) mass is 481 g/mol. The Balaban J connectivity index is 1.64. The number of halogens is 2. The van der Waals surface area contributed by atoms with Gasteiger partial charge in [-0.15, -0.1) is 0 Å². The summed E-state index contributed by atoms with van der Waals surface area (Å²) in [6.07, 6.45) is 6.43. The van der Waals surface area contributed by atoms with Gasteiger partial charge in [0.1, 0.15) is 23.9 Å². The van der Waals surface area contributed by atoms with Gasteiger partial charge in [-0.25, -0.2) is 9.97 Å². The molecule has 2 fully saturated rings. The van der Waals surface area contributed by atoms with Gasteiger partial charge < -0.3 is 15.0 Å². The maximum absolute atomic E-state index is 14.7. The number of methoxy groups -OCH3 is 1. The number of amides is 1. The molecule has 1 aliphatic carbocycles. The zero-order valence-corrected chi connectivity index (χ0v) is 21.3. The van der Waals surface area contributed by atoms with Crippen LogP contribution in [0.3, 0.4) is 0 Å². The second kappa shape index (κ2) is 11.2. The van der Waals surface area contributed by atoms with Crippen molar-refractivity contribution in [3.8, 4) is 0 Å². The van der Waals surface area contributed by atoms with E-state index in [1.807, 2.05) is 20.8 Å². The third-order valence-electron chi connectivity index (χ3n) is 7.09. The maximum atomic E-state index is 14.7. The molecule has 9 heteroatoms. The summed E-state index contributed by atoms with van der Waals surface area (Å²) < 4.78 is 34.2. The van der Waals surface area contributed by atoms with Crippen molar-refractivity contribution in [2.75, 3.05) is 44.8 Å². The zero-order valence-electron chi connectivity index (χ0n) is 21.3. The quantitative estimate of drug-likeness (QED) is 0.542. The molecule has 1 atom stereocenters. The van der Waals surface area contributed by atoms with E-state index in [9.17, 15) is 13.6 Å². The molecule has 1 aliphatic heterocycles. The van der Waals surface area contributed by atoms with Crippen LogP contribution in [0.2, 0.25) is 0 Å². The number of ether oxygens (including phenoxy) is 1. The number of rotatable bonds is 9. The molecule has 0 spiro atoms. The van der Waals surface area contributed by atoms with Gasteiger partial charge in [0, 0.05) is 50.3 Å². The Kier molecular flexibility index (Phi) is 8.84. The van der Waals surface area contributed by atoms with E-state index >= 15 is 0 Å². The first-order chi connectivity index (χ1) is 16.0. The van der Waals surface area contributed by atoms with E-state index < -0.39 is 17.9 Å². The van der Waals surface area contributed by atoms with Crippen LogP contribution in [0.5, 0.6) is 0 Å². The van der Waals surface area contributed by atoms with Crippen LogP contribution in [-0.2, 0) is 20.9 Å². The van der Waals surface area contributed by atoms with Gasteiger partial charge >= 0.3 is 5.92 Å². The molecule has 0 aromatic carbocycles. The smallest absolute Gasteiger partial charge is 0.312 e. The molecule has 0 bridgehead atoms. The van der Waals surface area contributed by atoms with Crippen molar-refractivity contribution in [3.05, 3.63) is 17.6 Å². The number of hydrogen-bond donors (Lipinski definition) is 1. The fourth-order valence-corrected chi connectivity index (χ4v) is 5.02. The van der Waals surface area contributed by atoms with E-state index in [0.29, 0.717) is 23.6 Å². The summed E-state index contributed by atoms with van der Waals surface area (Å²) in [5.41, 5.74) is -0.724. The number of carbonyl (C=O) groups is 1. The van der Waals surface area contributed by atoms with E-state index in [4.69, 9.17) is 9.72 Å². The second-order valence-electron chi connectivity index (χ2n) is 11.0. The second-order valence-corrected chi connectivity index (χ2v) is 11.0. The molecule has 1 saturated heterocycles. The topological polar surface area (TPSA) is 70.6 Å². The summed E-state index contributed by atoms with van der Waals surface area (Å²) in [4.78, 5) is 24.2. The predicted molar refractivity (Wildman–Crippen MR) is 129 cm³/mol. The Morgan fingerprint density at radius 3 is 2.47 bits per heavy atom. The van der Waals surface area contributed by atoms with Crippen LogP contribution >= 0.6 is 0 Å². The Labute approximate surface area is 202 Å². The van der Waals surface area contributed by atoms with E-state index in [2.05, 4.69) is 27.0 Å². The molecule has 1 aromatic heterocycles. The van der Waals surface area contributed by atoms with Crippen LogP contribution in [-0.4, -0.2) is 73.3 Å². The highest BCUT2D eigenvalue weighted by Crippen LogP contribution is 2.33. The number of anilines is 1. The molecular formula is C25H41F2N5O2. The third-order valence-corrected chi connectivity index (χ3v) is 7.09. The lowest BCUT2D eigenvalue weighted by Gasteiger charge is -2.41. The minimum atomic E-state index is -3.17. The summed E-state index contributed by atoms with van der Waals surface area (Å²) in [6.45, 7) is 10.8. The summed E-state index contributed by atoms with van der Waals surface area (Å²) in [5.74, 6) is -1.47. The van der Waals surface area contributed by atoms with Crippen molar-refractivity contribution in [1.29, 1.82) is 0 Å². The van der Waals surface area contributed by atoms with Gasteiger partial charge in [0.25, 0.3) is 0 Å². The van der Waals surface area contributed by atoms with Gasteiger partial charge in [-0.2, -0.15) is 8.78 Å². The van der Waals surface area contributed by atoms with Crippen molar-refractivity contribution in [3.63, 3.8) is 0 Å². The zero-order chi connectivity index (χ0) is 24.9. The number of carbonyl (C=O) groups excluding carboxylic acids is 1. The number of nitrogens with one attached hydrogen (secondary N) is 1. The predicted octanol–water partition coefficient (Wildman–Crippen LogP) is 3.72. The maximum Gasteiger partial charge on any atom is 0.312 e. The largest absolute Gasteiger partial charge is 0.378 e. The molecule has 7 nitrogen and oxygen atoms in total. The first-order valence-corrected chi connectivity index (χ1v) is 12.5. The van der Waals surface area contributed by atoms with E-state index in [1.165, 1.54) is 13.2 Å². The number of piperazine rings is 1. The van der Waals surface area contributed by atoms with Crippen LogP contribution in [0, 0.1) is 5.92 Å². The SMILES string of the molecule is COCC(F)(F)c1cc(N2CCN(CCC3CCC(NC=O)CC3)CC2C)nc(C(C)(C)C)n1. The molecule has 2 aliphatic rings. The summed E-state index contributed by atoms with van der Waals surface area (Å²) >= 11 is 0. The standard InChI is InChI=1S/C25H41F2N5O2/c1-18-15-31(11-10-19-6-8-20(9-7-19)28-17-33)12-13-32(18)22-14-21(25(26,27)16-34-5)29-23(30-22)24(2,3)4/h14,17-20H,6-13,15-16H2,1-5H3,(H,28,33). The number of aromatic nitrogens is 2. The van der Waals surface area contributed by atoms with Crippen molar-refractivity contribution < 1.29 is 18.3 Å². The van der Waals surface area contributed by atoms with Crippen molar-refractivity contribution in [2.45, 2.75) is 83.2 Å². The normalized spacial score (nSPS) is 24.8.